The van der Waals surface area contributed by atoms with Crippen LogP contribution >= 0.6 is 0 Å². The lowest BCUT2D eigenvalue weighted by Crippen LogP contribution is -2.14. The fraction of sp³-hybridized carbons (Fsp3) is 0.250. The highest BCUT2D eigenvalue weighted by atomic mass is 15.0. The van der Waals surface area contributed by atoms with Crippen LogP contribution in [-0.4, -0.2) is 33.0 Å². The van der Waals surface area contributed by atoms with Gasteiger partial charge in [-0.3, -0.25) is 0 Å². The van der Waals surface area contributed by atoms with Crippen LogP contribution in [0.4, 0.5) is 0 Å². The largest absolute Gasteiger partial charge is 0.341 e. The Kier molecular flexibility index (Phi) is 5.10. The Bertz CT molecular complexity index is 1800. The molecule has 8 rings (SSSR count). The van der Waals surface area contributed by atoms with Gasteiger partial charge in [0.2, 0.25) is 0 Å². The van der Waals surface area contributed by atoms with E-state index in [-0.39, 0.29) is 0 Å². The maximum atomic E-state index is 4.99. The Morgan fingerprint density at radius 1 is 0.632 bits per heavy atom. The first kappa shape index (κ1) is 22.0. The molecule has 188 valence electrons. The second-order valence-electron chi connectivity index (χ2n) is 10.8. The van der Waals surface area contributed by atoms with Gasteiger partial charge in [-0.25, -0.2) is 9.97 Å². The third-order valence-electron chi connectivity index (χ3n) is 8.35. The first-order valence-corrected chi connectivity index (χ1v) is 13.8. The normalized spacial score (nSPS) is 19.8. The summed E-state index contributed by atoms with van der Waals surface area (Å²) in [5, 5.41) is 12.0. The van der Waals surface area contributed by atoms with Crippen molar-refractivity contribution in [1.82, 2.24) is 30.6 Å². The van der Waals surface area contributed by atoms with Crippen LogP contribution in [0.1, 0.15) is 49.4 Å². The Morgan fingerprint density at radius 2 is 1.29 bits per heavy atom. The van der Waals surface area contributed by atoms with Gasteiger partial charge in [-0.1, -0.05) is 42.5 Å². The molecular weight excluding hydrogens is 468 g/mol. The average molecular weight is 499 g/mol. The molecular formula is C32H30N6. The summed E-state index contributed by atoms with van der Waals surface area (Å²) in [6.45, 7) is 2.14. The molecule has 2 aliphatic rings. The van der Waals surface area contributed by atoms with Gasteiger partial charge in [-0.05, 0) is 90.3 Å². The SMILES string of the molecule is c1cc2cc(-c3cnc(C4CCCN4)[nH]3)ccc2cc1-c1ccc2c(ccc3[nH]c(C4CCCN4)nc32)c1. The van der Waals surface area contributed by atoms with Crippen LogP contribution in [-0.2, 0) is 0 Å². The summed E-state index contributed by atoms with van der Waals surface area (Å²) in [6, 6.07) is 25.2. The average Bonchev–Trinajstić information content (AvgIpc) is 3.78. The van der Waals surface area contributed by atoms with E-state index in [0.717, 1.165) is 54.3 Å². The fourth-order valence-electron chi connectivity index (χ4n) is 6.25. The molecule has 38 heavy (non-hydrogen) atoms. The number of nitrogens with zero attached hydrogens (tertiary/aromatic N) is 2. The van der Waals surface area contributed by atoms with Crippen LogP contribution in [0.15, 0.2) is 72.9 Å². The summed E-state index contributed by atoms with van der Waals surface area (Å²) >= 11 is 0. The van der Waals surface area contributed by atoms with Crippen LogP contribution in [0.25, 0.3) is 55.0 Å². The van der Waals surface area contributed by atoms with Gasteiger partial charge >= 0.3 is 0 Å². The van der Waals surface area contributed by atoms with Gasteiger partial charge < -0.3 is 20.6 Å². The quantitative estimate of drug-likeness (QED) is 0.216. The number of hydrogen-bond donors (Lipinski definition) is 4. The molecule has 6 aromatic rings. The van der Waals surface area contributed by atoms with Crippen molar-refractivity contribution in [2.45, 2.75) is 37.8 Å². The number of benzene rings is 4. The number of H-pyrrole nitrogens is 2. The van der Waals surface area contributed by atoms with E-state index in [9.17, 15) is 0 Å². The summed E-state index contributed by atoms with van der Waals surface area (Å²) < 4.78 is 0. The Balaban J connectivity index is 1.11. The van der Waals surface area contributed by atoms with Crippen molar-refractivity contribution in [2.75, 3.05) is 13.1 Å². The molecule has 0 spiro atoms. The van der Waals surface area contributed by atoms with E-state index in [1.165, 1.54) is 51.1 Å². The van der Waals surface area contributed by atoms with E-state index in [1.54, 1.807) is 0 Å². The van der Waals surface area contributed by atoms with Crippen molar-refractivity contribution in [1.29, 1.82) is 0 Å². The first-order chi connectivity index (χ1) is 18.8. The summed E-state index contributed by atoms with van der Waals surface area (Å²) in [7, 11) is 0. The molecule has 4 aromatic carbocycles. The number of fused-ring (bicyclic) bond motifs is 4. The second kappa shape index (κ2) is 8.79. The highest BCUT2D eigenvalue weighted by molar-refractivity contribution is 6.05. The summed E-state index contributed by atoms with van der Waals surface area (Å²) in [5.41, 5.74) is 6.86. The lowest BCUT2D eigenvalue weighted by atomic mass is 9.97. The molecule has 6 nitrogen and oxygen atoms in total. The molecule has 4 N–H and O–H groups in total. The zero-order valence-corrected chi connectivity index (χ0v) is 21.2. The molecule has 2 atom stereocenters. The molecule has 2 saturated heterocycles. The predicted octanol–water partition coefficient (Wildman–Crippen LogP) is 6.78. The van der Waals surface area contributed by atoms with Gasteiger partial charge in [0.05, 0.1) is 35.0 Å². The van der Waals surface area contributed by atoms with Gasteiger partial charge in [0, 0.05) is 10.9 Å². The number of aromatic amines is 2. The van der Waals surface area contributed by atoms with E-state index >= 15 is 0 Å². The van der Waals surface area contributed by atoms with E-state index < -0.39 is 0 Å². The number of rotatable bonds is 4. The van der Waals surface area contributed by atoms with Gasteiger partial charge in [0.15, 0.2) is 0 Å². The maximum Gasteiger partial charge on any atom is 0.124 e. The topological polar surface area (TPSA) is 81.4 Å². The monoisotopic (exact) mass is 498 g/mol. The van der Waals surface area contributed by atoms with Crippen molar-refractivity contribution < 1.29 is 0 Å². The van der Waals surface area contributed by atoms with Crippen LogP contribution in [0.5, 0.6) is 0 Å². The molecule has 2 aliphatic heterocycles. The smallest absolute Gasteiger partial charge is 0.124 e. The molecule has 0 saturated carbocycles. The van der Waals surface area contributed by atoms with E-state index in [1.807, 2.05) is 6.20 Å². The van der Waals surface area contributed by atoms with Crippen molar-refractivity contribution in [3.05, 3.63) is 84.6 Å². The number of nitrogens with one attached hydrogen (secondary N) is 4. The third kappa shape index (κ3) is 3.71. The van der Waals surface area contributed by atoms with Crippen LogP contribution in [0, 0.1) is 0 Å². The predicted molar refractivity (Wildman–Crippen MR) is 154 cm³/mol. The Labute approximate surface area is 220 Å². The van der Waals surface area contributed by atoms with Gasteiger partial charge in [0.25, 0.3) is 0 Å². The summed E-state index contributed by atoms with van der Waals surface area (Å²) in [4.78, 5) is 16.7. The van der Waals surface area contributed by atoms with E-state index in [4.69, 9.17) is 4.98 Å². The van der Waals surface area contributed by atoms with Crippen molar-refractivity contribution in [2.24, 2.45) is 0 Å². The highest BCUT2D eigenvalue weighted by Crippen LogP contribution is 2.33. The summed E-state index contributed by atoms with van der Waals surface area (Å²) in [5.74, 6) is 2.10. The van der Waals surface area contributed by atoms with Crippen LogP contribution in [0.2, 0.25) is 0 Å². The van der Waals surface area contributed by atoms with Gasteiger partial charge in [-0.2, -0.15) is 0 Å². The molecule has 0 radical (unpaired) electrons. The minimum absolute atomic E-state index is 0.342. The van der Waals surface area contributed by atoms with Crippen molar-refractivity contribution in [3.8, 4) is 22.4 Å². The molecule has 0 amide bonds. The minimum atomic E-state index is 0.342. The zero-order chi connectivity index (χ0) is 25.1. The van der Waals surface area contributed by atoms with Gasteiger partial charge in [-0.15, -0.1) is 0 Å². The van der Waals surface area contributed by atoms with E-state index in [0.29, 0.717) is 12.1 Å². The fourth-order valence-corrected chi connectivity index (χ4v) is 6.25. The molecule has 2 fully saturated rings. The van der Waals surface area contributed by atoms with Gasteiger partial charge in [0.1, 0.15) is 11.6 Å². The minimum Gasteiger partial charge on any atom is -0.341 e. The number of imidazole rings is 2. The summed E-state index contributed by atoms with van der Waals surface area (Å²) in [6.07, 6.45) is 6.67. The number of aromatic nitrogens is 4. The van der Waals surface area contributed by atoms with E-state index in [2.05, 4.69) is 92.3 Å². The Morgan fingerprint density at radius 3 is 2.05 bits per heavy atom. The molecule has 4 heterocycles. The molecule has 6 heteroatoms. The molecule has 0 bridgehead atoms. The van der Waals surface area contributed by atoms with Crippen LogP contribution in [0.3, 0.4) is 0 Å². The lowest BCUT2D eigenvalue weighted by molar-refractivity contribution is 0.613. The number of hydrogen-bond acceptors (Lipinski definition) is 4. The third-order valence-corrected chi connectivity index (χ3v) is 8.35. The second-order valence-corrected chi connectivity index (χ2v) is 10.8. The Hall–Kier alpha value is -4.00. The first-order valence-electron chi connectivity index (χ1n) is 13.8. The van der Waals surface area contributed by atoms with Crippen molar-refractivity contribution in [3.63, 3.8) is 0 Å². The zero-order valence-electron chi connectivity index (χ0n) is 21.2. The highest BCUT2D eigenvalue weighted by Gasteiger charge is 2.21. The van der Waals surface area contributed by atoms with Crippen LogP contribution < -0.4 is 10.6 Å². The maximum absolute atomic E-state index is 4.99. The molecule has 0 aliphatic carbocycles. The lowest BCUT2D eigenvalue weighted by Gasteiger charge is -2.08. The standard InChI is InChI=1S/C32H30N6/c1-3-27(33-13-1)31-35-18-29(37-31)24-8-7-20-15-19(5-6-21(20)17-24)22-9-11-25-23(16-22)10-12-26-30(25)38-32(36-26)28-4-2-14-34-28/h5-12,15-18,27-28,33-34H,1-4,13-14H2,(H,35,37)(H,36,38). The molecule has 2 aromatic heterocycles. The molecule has 2 unspecified atom stereocenters. The van der Waals surface area contributed by atoms with Crippen molar-refractivity contribution >= 4 is 32.6 Å².